The Morgan fingerprint density at radius 1 is 1.38 bits per heavy atom. The third kappa shape index (κ3) is 3.29. The van der Waals surface area contributed by atoms with Crippen LogP contribution in [0.15, 0.2) is 14.3 Å². The number of hydrogen-bond donors (Lipinski definition) is 1. The molecule has 1 atom stereocenters. The molecule has 1 aliphatic rings. The van der Waals surface area contributed by atoms with Gasteiger partial charge < -0.3 is 5.32 Å². The highest BCUT2D eigenvalue weighted by Gasteiger charge is 2.34. The van der Waals surface area contributed by atoms with Crippen molar-refractivity contribution in [1.29, 1.82) is 0 Å². The van der Waals surface area contributed by atoms with Crippen LogP contribution in [-0.2, 0) is 6.42 Å². The molecule has 0 amide bonds. The summed E-state index contributed by atoms with van der Waals surface area (Å²) < 4.78 is 2.24. The molecular formula is C15H18Br2N2S2. The lowest BCUT2D eigenvalue weighted by Crippen LogP contribution is -2.32. The Balaban J connectivity index is 2.01. The van der Waals surface area contributed by atoms with E-state index in [0.717, 1.165) is 26.2 Å². The number of thiazole rings is 1. The maximum Gasteiger partial charge on any atom is 0.134 e. The number of rotatable bonds is 3. The van der Waals surface area contributed by atoms with Gasteiger partial charge in [-0.1, -0.05) is 20.8 Å². The second-order valence-corrected chi connectivity index (χ2v) is 10.5. The zero-order valence-electron chi connectivity index (χ0n) is 12.3. The van der Waals surface area contributed by atoms with Gasteiger partial charge in [-0.05, 0) is 62.7 Å². The molecule has 21 heavy (non-hydrogen) atoms. The van der Waals surface area contributed by atoms with E-state index in [1.807, 2.05) is 11.3 Å². The van der Waals surface area contributed by atoms with Gasteiger partial charge in [0, 0.05) is 15.4 Å². The molecule has 1 N–H and O–H groups in total. The molecule has 3 rings (SSSR count). The molecule has 2 heterocycles. The minimum atomic E-state index is 0.321. The fraction of sp³-hybridized carbons (Fsp3) is 0.533. The van der Waals surface area contributed by atoms with E-state index in [2.05, 4.69) is 64.0 Å². The zero-order chi connectivity index (χ0) is 15.2. The van der Waals surface area contributed by atoms with Gasteiger partial charge in [-0.3, -0.25) is 0 Å². The average molecular weight is 450 g/mol. The fourth-order valence-electron chi connectivity index (χ4n) is 2.90. The molecular weight excluding hydrogens is 432 g/mol. The van der Waals surface area contributed by atoms with Crippen molar-refractivity contribution in [2.24, 2.45) is 5.41 Å². The Hall–Kier alpha value is 0.250. The van der Waals surface area contributed by atoms with Crippen molar-refractivity contribution in [2.45, 2.75) is 39.7 Å². The van der Waals surface area contributed by atoms with E-state index >= 15 is 0 Å². The van der Waals surface area contributed by atoms with Gasteiger partial charge in [0.25, 0.3) is 0 Å². The second kappa shape index (κ2) is 6.04. The van der Waals surface area contributed by atoms with Crippen LogP contribution in [0.25, 0.3) is 9.88 Å². The molecule has 114 valence electrons. The van der Waals surface area contributed by atoms with Crippen LogP contribution in [0.4, 0.5) is 0 Å². The van der Waals surface area contributed by atoms with Crippen LogP contribution in [0.5, 0.6) is 0 Å². The number of nitrogens with one attached hydrogen (secondary N) is 1. The molecule has 6 heteroatoms. The van der Waals surface area contributed by atoms with E-state index in [0.29, 0.717) is 11.5 Å². The first kappa shape index (κ1) is 16.1. The Kier molecular flexibility index (Phi) is 4.64. The van der Waals surface area contributed by atoms with Crippen LogP contribution in [-0.4, -0.2) is 11.5 Å². The molecule has 0 fully saturated rings. The predicted octanol–water partition coefficient (Wildman–Crippen LogP) is 6.02. The standard InChI is InChI=1S/C15H18Br2N2S2/c1-4-18-9-6-15(2,3)7-10-12(9)21-14(19-10)11-5-8(16)13(17)20-11/h5,9,18H,4,6-7H2,1-3H3. The average Bonchev–Trinajstić information content (AvgIpc) is 2.93. The quantitative estimate of drug-likeness (QED) is 0.619. The molecule has 0 aromatic carbocycles. The van der Waals surface area contributed by atoms with E-state index in [-0.39, 0.29) is 0 Å². The van der Waals surface area contributed by atoms with Gasteiger partial charge in [-0.2, -0.15) is 0 Å². The summed E-state index contributed by atoms with van der Waals surface area (Å²) in [5.41, 5.74) is 1.61. The maximum absolute atomic E-state index is 4.95. The molecule has 2 aromatic heterocycles. The van der Waals surface area contributed by atoms with E-state index in [1.54, 1.807) is 11.3 Å². The summed E-state index contributed by atoms with van der Waals surface area (Å²) in [5.74, 6) is 0. The normalized spacial score (nSPS) is 20.5. The molecule has 1 aliphatic carbocycles. The Bertz CT molecular complexity index is 641. The second-order valence-electron chi connectivity index (χ2n) is 6.22. The third-order valence-electron chi connectivity index (χ3n) is 3.75. The first-order chi connectivity index (χ1) is 9.89. The molecule has 0 aliphatic heterocycles. The van der Waals surface area contributed by atoms with Gasteiger partial charge in [0.05, 0.1) is 14.4 Å². The van der Waals surface area contributed by atoms with Crippen molar-refractivity contribution in [3.05, 3.63) is 24.9 Å². The van der Waals surface area contributed by atoms with Crippen molar-refractivity contribution >= 4 is 54.5 Å². The number of fused-ring (bicyclic) bond motifs is 1. The van der Waals surface area contributed by atoms with Crippen molar-refractivity contribution in [3.63, 3.8) is 0 Å². The predicted molar refractivity (Wildman–Crippen MR) is 99.3 cm³/mol. The lowest BCUT2D eigenvalue weighted by molar-refractivity contribution is 0.260. The van der Waals surface area contributed by atoms with Crippen LogP contribution in [0.2, 0.25) is 0 Å². The summed E-state index contributed by atoms with van der Waals surface area (Å²) in [6, 6.07) is 2.61. The Morgan fingerprint density at radius 2 is 2.14 bits per heavy atom. The lowest BCUT2D eigenvalue weighted by atomic mass is 9.76. The van der Waals surface area contributed by atoms with Crippen molar-refractivity contribution in [3.8, 4) is 9.88 Å². The maximum atomic E-state index is 4.95. The van der Waals surface area contributed by atoms with Gasteiger partial charge in [-0.25, -0.2) is 4.98 Å². The monoisotopic (exact) mass is 448 g/mol. The van der Waals surface area contributed by atoms with Gasteiger partial charge in [-0.15, -0.1) is 22.7 Å². The number of thiophene rings is 1. The van der Waals surface area contributed by atoms with E-state index in [9.17, 15) is 0 Å². The zero-order valence-corrected chi connectivity index (χ0v) is 17.1. The summed E-state index contributed by atoms with van der Waals surface area (Å²) in [5, 5.41) is 4.78. The molecule has 0 saturated heterocycles. The summed E-state index contributed by atoms with van der Waals surface area (Å²) >= 11 is 10.7. The molecule has 2 nitrogen and oxygen atoms in total. The first-order valence-corrected chi connectivity index (χ1v) is 10.3. The summed E-state index contributed by atoms with van der Waals surface area (Å²) in [7, 11) is 0. The smallest absolute Gasteiger partial charge is 0.134 e. The number of hydrogen-bond acceptors (Lipinski definition) is 4. The van der Waals surface area contributed by atoms with Gasteiger partial charge >= 0.3 is 0 Å². The fourth-order valence-corrected chi connectivity index (χ4v) is 6.14. The number of nitrogens with zero attached hydrogens (tertiary/aromatic N) is 1. The molecule has 0 saturated carbocycles. The van der Waals surface area contributed by atoms with Crippen LogP contribution < -0.4 is 5.32 Å². The number of halogens is 2. The van der Waals surface area contributed by atoms with Crippen LogP contribution in [0, 0.1) is 5.41 Å². The largest absolute Gasteiger partial charge is 0.309 e. The highest BCUT2D eigenvalue weighted by molar-refractivity contribution is 9.13. The SMILES string of the molecule is CCNC1CC(C)(C)Cc2nc(-c3cc(Br)c(Br)s3)sc21. The topological polar surface area (TPSA) is 24.9 Å². The molecule has 0 spiro atoms. The summed E-state index contributed by atoms with van der Waals surface area (Å²) in [6.45, 7) is 7.87. The molecule has 0 radical (unpaired) electrons. The van der Waals surface area contributed by atoms with Crippen molar-refractivity contribution < 1.29 is 0 Å². The van der Waals surface area contributed by atoms with Crippen LogP contribution >= 0.6 is 54.5 Å². The highest BCUT2D eigenvalue weighted by Crippen LogP contribution is 2.47. The lowest BCUT2D eigenvalue weighted by Gasteiger charge is -2.34. The Labute approximate surface area is 150 Å². The first-order valence-electron chi connectivity index (χ1n) is 7.08. The number of aromatic nitrogens is 1. The van der Waals surface area contributed by atoms with E-state index < -0.39 is 0 Å². The van der Waals surface area contributed by atoms with E-state index in [1.165, 1.54) is 21.9 Å². The van der Waals surface area contributed by atoms with Gasteiger partial charge in [0.15, 0.2) is 0 Å². The van der Waals surface area contributed by atoms with Crippen LogP contribution in [0.1, 0.15) is 43.8 Å². The Morgan fingerprint density at radius 3 is 2.76 bits per heavy atom. The highest BCUT2D eigenvalue weighted by atomic mass is 79.9. The summed E-state index contributed by atoms with van der Waals surface area (Å²) in [4.78, 5) is 7.62. The molecule has 1 unspecified atom stereocenters. The van der Waals surface area contributed by atoms with Crippen molar-refractivity contribution in [1.82, 2.24) is 10.3 Å². The van der Waals surface area contributed by atoms with Gasteiger partial charge in [0.1, 0.15) is 5.01 Å². The van der Waals surface area contributed by atoms with Gasteiger partial charge in [0.2, 0.25) is 0 Å². The van der Waals surface area contributed by atoms with E-state index in [4.69, 9.17) is 4.98 Å². The molecule has 0 bridgehead atoms. The van der Waals surface area contributed by atoms with Crippen LogP contribution in [0.3, 0.4) is 0 Å². The third-order valence-corrected chi connectivity index (χ3v) is 8.39. The minimum absolute atomic E-state index is 0.321. The molecule has 2 aromatic rings. The van der Waals surface area contributed by atoms with Crippen molar-refractivity contribution in [2.75, 3.05) is 6.54 Å². The minimum Gasteiger partial charge on any atom is -0.309 e. The summed E-state index contributed by atoms with van der Waals surface area (Å²) in [6.07, 6.45) is 2.27.